The van der Waals surface area contributed by atoms with E-state index < -0.39 is 5.54 Å². The van der Waals surface area contributed by atoms with Crippen molar-refractivity contribution in [2.24, 2.45) is 12.8 Å². The van der Waals surface area contributed by atoms with E-state index in [9.17, 15) is 0 Å². The lowest BCUT2D eigenvalue weighted by Crippen LogP contribution is -2.42. The highest BCUT2D eigenvalue weighted by molar-refractivity contribution is 5.10. The van der Waals surface area contributed by atoms with Crippen LogP contribution in [0.15, 0.2) is 18.3 Å². The third-order valence-corrected chi connectivity index (χ3v) is 2.00. The molecule has 0 aliphatic heterocycles. The average molecular weight is 168 g/mol. The second-order valence-electron chi connectivity index (χ2n) is 3.60. The van der Waals surface area contributed by atoms with Gasteiger partial charge in [-0.25, -0.2) is 0 Å². The normalized spacial score (nSPS) is 16.0. The predicted octanol–water partition coefficient (Wildman–Crippen LogP) is 0.277. The van der Waals surface area contributed by atoms with Crippen LogP contribution < -0.4 is 5.73 Å². The Morgan fingerprint density at radius 3 is 2.75 bits per heavy atom. The van der Waals surface area contributed by atoms with Gasteiger partial charge in [0.25, 0.3) is 0 Å². The van der Waals surface area contributed by atoms with Crippen molar-refractivity contribution in [3.05, 3.63) is 24.0 Å². The molecule has 3 N–H and O–H groups in total. The minimum absolute atomic E-state index is 0.0121. The van der Waals surface area contributed by atoms with Crippen LogP contribution in [0.2, 0.25) is 0 Å². The van der Waals surface area contributed by atoms with Crippen molar-refractivity contribution in [1.29, 1.82) is 0 Å². The molecular formula is C9H16N2O. The van der Waals surface area contributed by atoms with E-state index in [4.69, 9.17) is 10.8 Å². The van der Waals surface area contributed by atoms with Crippen LogP contribution in [0.4, 0.5) is 0 Å². The van der Waals surface area contributed by atoms with Gasteiger partial charge in [0.15, 0.2) is 0 Å². The summed E-state index contributed by atoms with van der Waals surface area (Å²) in [7, 11) is 1.97. The Labute approximate surface area is 72.8 Å². The minimum atomic E-state index is -0.508. The number of aliphatic hydroxyl groups excluding tert-OH is 1. The first kappa shape index (κ1) is 9.29. The summed E-state index contributed by atoms with van der Waals surface area (Å²) in [6.45, 7) is 1.86. The molecule has 0 spiro atoms. The van der Waals surface area contributed by atoms with Crippen molar-refractivity contribution in [3.8, 4) is 0 Å². The van der Waals surface area contributed by atoms with Crippen LogP contribution >= 0.6 is 0 Å². The molecule has 1 rings (SSSR count). The molecule has 0 amide bonds. The second-order valence-corrected chi connectivity index (χ2v) is 3.60. The van der Waals surface area contributed by atoms with Crippen molar-refractivity contribution in [3.63, 3.8) is 0 Å². The Hall–Kier alpha value is -0.800. The quantitative estimate of drug-likeness (QED) is 0.681. The van der Waals surface area contributed by atoms with Crippen molar-refractivity contribution in [2.75, 3.05) is 6.61 Å². The maximum atomic E-state index is 8.95. The maximum Gasteiger partial charge on any atom is 0.0612 e. The number of hydrogen-bond donors (Lipinski definition) is 2. The molecule has 0 bridgehead atoms. The first-order valence-electron chi connectivity index (χ1n) is 4.05. The molecule has 0 saturated heterocycles. The average Bonchev–Trinajstić information content (AvgIpc) is 2.36. The molecule has 1 aromatic rings. The van der Waals surface area contributed by atoms with Gasteiger partial charge in [-0.3, -0.25) is 0 Å². The van der Waals surface area contributed by atoms with Gasteiger partial charge < -0.3 is 15.4 Å². The van der Waals surface area contributed by atoms with Gasteiger partial charge in [-0.1, -0.05) is 0 Å². The molecule has 1 atom stereocenters. The zero-order valence-electron chi connectivity index (χ0n) is 7.62. The van der Waals surface area contributed by atoms with Crippen LogP contribution in [-0.2, 0) is 13.5 Å². The molecule has 3 nitrogen and oxygen atoms in total. The second kappa shape index (κ2) is 3.29. The van der Waals surface area contributed by atoms with E-state index in [0.717, 1.165) is 5.69 Å². The lowest BCUT2D eigenvalue weighted by atomic mass is 9.98. The van der Waals surface area contributed by atoms with E-state index in [1.165, 1.54) is 0 Å². The standard InChI is InChI=1S/C9H16N2O/c1-9(10,7-12)6-8-4-3-5-11(8)2/h3-5,12H,6-7,10H2,1-2H3. The van der Waals surface area contributed by atoms with E-state index >= 15 is 0 Å². The summed E-state index contributed by atoms with van der Waals surface area (Å²) in [6, 6.07) is 3.99. The maximum absolute atomic E-state index is 8.95. The van der Waals surface area contributed by atoms with E-state index in [2.05, 4.69) is 0 Å². The highest BCUT2D eigenvalue weighted by Crippen LogP contribution is 2.09. The summed E-state index contributed by atoms with van der Waals surface area (Å²) in [6.07, 6.45) is 2.68. The molecular weight excluding hydrogens is 152 g/mol. The van der Waals surface area contributed by atoms with Gasteiger partial charge in [-0.15, -0.1) is 0 Å². The van der Waals surface area contributed by atoms with E-state index in [-0.39, 0.29) is 6.61 Å². The van der Waals surface area contributed by atoms with Crippen LogP contribution in [0.5, 0.6) is 0 Å². The Kier molecular flexibility index (Phi) is 2.55. The van der Waals surface area contributed by atoms with Gasteiger partial charge in [0.2, 0.25) is 0 Å². The van der Waals surface area contributed by atoms with Crippen LogP contribution in [0.3, 0.4) is 0 Å². The van der Waals surface area contributed by atoms with Crippen molar-refractivity contribution in [2.45, 2.75) is 18.9 Å². The van der Waals surface area contributed by atoms with Gasteiger partial charge in [0.05, 0.1) is 6.61 Å². The number of rotatable bonds is 3. The summed E-state index contributed by atoms with van der Waals surface area (Å²) < 4.78 is 2.01. The van der Waals surface area contributed by atoms with E-state index in [1.807, 2.05) is 36.9 Å². The van der Waals surface area contributed by atoms with Crippen LogP contribution in [0.25, 0.3) is 0 Å². The highest BCUT2D eigenvalue weighted by atomic mass is 16.3. The van der Waals surface area contributed by atoms with Gasteiger partial charge >= 0.3 is 0 Å². The first-order valence-corrected chi connectivity index (χ1v) is 4.05. The fraction of sp³-hybridized carbons (Fsp3) is 0.556. The van der Waals surface area contributed by atoms with Gasteiger partial charge in [0, 0.05) is 30.9 Å². The van der Waals surface area contributed by atoms with Crippen LogP contribution in [0, 0.1) is 0 Å². The molecule has 0 aliphatic rings. The number of aryl methyl sites for hydroxylation is 1. The zero-order valence-corrected chi connectivity index (χ0v) is 7.62. The number of aliphatic hydroxyl groups is 1. The van der Waals surface area contributed by atoms with E-state index in [1.54, 1.807) is 0 Å². The third-order valence-electron chi connectivity index (χ3n) is 2.00. The van der Waals surface area contributed by atoms with E-state index in [0.29, 0.717) is 6.42 Å². The van der Waals surface area contributed by atoms with Crippen molar-refractivity contribution >= 4 is 0 Å². The SMILES string of the molecule is Cn1cccc1CC(C)(N)CO. The topological polar surface area (TPSA) is 51.2 Å². The smallest absolute Gasteiger partial charge is 0.0612 e. The molecule has 0 saturated carbocycles. The Morgan fingerprint density at radius 2 is 2.33 bits per heavy atom. The minimum Gasteiger partial charge on any atom is -0.394 e. The van der Waals surface area contributed by atoms with Gasteiger partial charge in [-0.05, 0) is 19.1 Å². The number of nitrogens with two attached hydrogens (primary N) is 1. The number of nitrogens with zero attached hydrogens (tertiary/aromatic N) is 1. The summed E-state index contributed by atoms with van der Waals surface area (Å²) in [5.74, 6) is 0. The summed E-state index contributed by atoms with van der Waals surface area (Å²) in [5.41, 5.74) is 6.45. The zero-order chi connectivity index (χ0) is 9.19. The predicted molar refractivity (Wildman–Crippen MR) is 48.8 cm³/mol. The molecule has 1 heterocycles. The number of hydrogen-bond acceptors (Lipinski definition) is 2. The van der Waals surface area contributed by atoms with Gasteiger partial charge in [0.1, 0.15) is 0 Å². The fourth-order valence-corrected chi connectivity index (χ4v) is 1.15. The summed E-state index contributed by atoms with van der Waals surface area (Å²) >= 11 is 0. The third kappa shape index (κ3) is 2.09. The lowest BCUT2D eigenvalue weighted by Gasteiger charge is -2.21. The van der Waals surface area contributed by atoms with Gasteiger partial charge in [-0.2, -0.15) is 0 Å². The molecule has 68 valence electrons. The van der Waals surface area contributed by atoms with Crippen molar-refractivity contribution < 1.29 is 5.11 Å². The van der Waals surface area contributed by atoms with Crippen LogP contribution in [0.1, 0.15) is 12.6 Å². The molecule has 12 heavy (non-hydrogen) atoms. The Balaban J connectivity index is 2.70. The monoisotopic (exact) mass is 168 g/mol. The molecule has 0 aliphatic carbocycles. The lowest BCUT2D eigenvalue weighted by molar-refractivity contribution is 0.206. The molecule has 0 fully saturated rings. The highest BCUT2D eigenvalue weighted by Gasteiger charge is 2.18. The number of aromatic nitrogens is 1. The van der Waals surface area contributed by atoms with Crippen LogP contribution in [-0.4, -0.2) is 21.8 Å². The summed E-state index contributed by atoms with van der Waals surface area (Å²) in [5, 5.41) is 8.95. The Morgan fingerprint density at radius 1 is 1.67 bits per heavy atom. The fourth-order valence-electron chi connectivity index (χ4n) is 1.15. The Bertz CT molecular complexity index is 253. The molecule has 3 heteroatoms. The molecule has 1 unspecified atom stereocenters. The molecule has 1 aromatic heterocycles. The molecule has 0 aromatic carbocycles. The molecule has 0 radical (unpaired) electrons. The first-order chi connectivity index (χ1) is 5.55. The largest absolute Gasteiger partial charge is 0.394 e. The van der Waals surface area contributed by atoms with Crippen molar-refractivity contribution in [1.82, 2.24) is 4.57 Å². The summed E-state index contributed by atoms with van der Waals surface area (Å²) in [4.78, 5) is 0.